The van der Waals surface area contributed by atoms with Crippen molar-refractivity contribution in [2.75, 3.05) is 20.1 Å². The zero-order valence-electron chi connectivity index (χ0n) is 12.9. The maximum absolute atomic E-state index is 12.8. The van der Waals surface area contributed by atoms with E-state index >= 15 is 0 Å². The van der Waals surface area contributed by atoms with Gasteiger partial charge in [-0.1, -0.05) is 25.1 Å². The zero-order valence-corrected chi connectivity index (χ0v) is 12.9. The van der Waals surface area contributed by atoms with Crippen LogP contribution in [0.1, 0.15) is 42.6 Å². The predicted octanol–water partition coefficient (Wildman–Crippen LogP) is 2.71. The number of rotatable bonds is 4. The highest BCUT2D eigenvalue weighted by atomic mass is 16.2. The number of hydrogen-bond acceptors (Lipinski definition) is 2. The van der Waals surface area contributed by atoms with Crippen LogP contribution in [0.15, 0.2) is 24.3 Å². The summed E-state index contributed by atoms with van der Waals surface area (Å²) in [5.41, 5.74) is 2.03. The molecule has 110 valence electrons. The summed E-state index contributed by atoms with van der Waals surface area (Å²) in [5.74, 6) is 0.799. The van der Waals surface area contributed by atoms with E-state index in [-0.39, 0.29) is 5.91 Å². The van der Waals surface area contributed by atoms with Crippen LogP contribution in [0.4, 0.5) is 0 Å². The molecule has 2 atom stereocenters. The molecule has 1 saturated heterocycles. The highest BCUT2D eigenvalue weighted by molar-refractivity contribution is 5.96. The molecular formula is C17H26N2O. The van der Waals surface area contributed by atoms with Crippen molar-refractivity contribution in [1.29, 1.82) is 0 Å². The monoisotopic (exact) mass is 274 g/mol. The number of piperidine rings is 1. The number of nitrogens with one attached hydrogen (secondary N) is 1. The molecule has 1 aliphatic heterocycles. The van der Waals surface area contributed by atoms with Crippen LogP contribution in [0.25, 0.3) is 0 Å². The third-order valence-corrected chi connectivity index (χ3v) is 4.53. The fourth-order valence-corrected chi connectivity index (χ4v) is 2.98. The van der Waals surface area contributed by atoms with Gasteiger partial charge in [0.25, 0.3) is 5.91 Å². The van der Waals surface area contributed by atoms with Gasteiger partial charge in [0, 0.05) is 18.2 Å². The second-order valence-corrected chi connectivity index (χ2v) is 5.87. The summed E-state index contributed by atoms with van der Waals surface area (Å²) < 4.78 is 0. The van der Waals surface area contributed by atoms with Crippen molar-refractivity contribution in [3.63, 3.8) is 0 Å². The number of hydrogen-bond donors (Lipinski definition) is 1. The van der Waals surface area contributed by atoms with E-state index in [1.807, 2.05) is 25.2 Å². The van der Waals surface area contributed by atoms with Crippen molar-refractivity contribution in [3.05, 3.63) is 35.4 Å². The van der Waals surface area contributed by atoms with Crippen LogP contribution in [0.3, 0.4) is 0 Å². The van der Waals surface area contributed by atoms with E-state index in [0.29, 0.717) is 12.0 Å². The van der Waals surface area contributed by atoms with Gasteiger partial charge in [0.15, 0.2) is 0 Å². The molecule has 20 heavy (non-hydrogen) atoms. The molecule has 1 aromatic carbocycles. The lowest BCUT2D eigenvalue weighted by Crippen LogP contribution is -2.46. The molecule has 3 heteroatoms. The summed E-state index contributed by atoms with van der Waals surface area (Å²) in [4.78, 5) is 14.9. The fourth-order valence-electron chi connectivity index (χ4n) is 2.98. The van der Waals surface area contributed by atoms with Crippen molar-refractivity contribution < 1.29 is 4.79 Å². The Bertz CT molecular complexity index is 458. The number of amides is 1. The van der Waals surface area contributed by atoms with Crippen molar-refractivity contribution in [3.8, 4) is 0 Å². The van der Waals surface area contributed by atoms with E-state index in [0.717, 1.165) is 37.1 Å². The molecule has 2 unspecified atom stereocenters. The van der Waals surface area contributed by atoms with Crippen LogP contribution in [0.5, 0.6) is 0 Å². The van der Waals surface area contributed by atoms with Gasteiger partial charge < -0.3 is 10.2 Å². The van der Waals surface area contributed by atoms with E-state index in [1.165, 1.54) is 6.42 Å². The number of carbonyl (C=O) groups excluding carboxylic acids is 1. The molecule has 1 amide bonds. The summed E-state index contributed by atoms with van der Waals surface area (Å²) in [6, 6.07) is 8.37. The zero-order chi connectivity index (χ0) is 14.5. The summed E-state index contributed by atoms with van der Waals surface area (Å²) in [5, 5.41) is 3.15. The SMILES string of the molecule is CNCCc1ccccc1C(=O)N1CCCC(C)C1C. The molecule has 1 aromatic rings. The van der Waals surface area contributed by atoms with E-state index < -0.39 is 0 Å². The van der Waals surface area contributed by atoms with Crippen LogP contribution >= 0.6 is 0 Å². The molecule has 0 radical (unpaired) electrons. The lowest BCUT2D eigenvalue weighted by atomic mass is 9.91. The van der Waals surface area contributed by atoms with Gasteiger partial charge in [0.1, 0.15) is 0 Å². The van der Waals surface area contributed by atoms with Crippen LogP contribution < -0.4 is 5.32 Å². The van der Waals surface area contributed by atoms with Crippen molar-refractivity contribution in [2.24, 2.45) is 5.92 Å². The highest BCUT2D eigenvalue weighted by Crippen LogP contribution is 2.25. The Hall–Kier alpha value is -1.35. The molecular weight excluding hydrogens is 248 g/mol. The lowest BCUT2D eigenvalue weighted by Gasteiger charge is -2.38. The standard InChI is InChI=1S/C17H26N2O/c1-13-7-6-12-19(14(13)2)17(20)16-9-5-4-8-15(16)10-11-18-3/h4-5,8-9,13-14,18H,6-7,10-12H2,1-3H3. The summed E-state index contributed by atoms with van der Waals surface area (Å²) in [7, 11) is 1.94. The van der Waals surface area contributed by atoms with Crippen molar-refractivity contribution in [2.45, 2.75) is 39.2 Å². The van der Waals surface area contributed by atoms with Crippen LogP contribution in [0, 0.1) is 5.92 Å². The molecule has 0 aromatic heterocycles. The summed E-state index contributed by atoms with van der Waals surface area (Å²) in [6.45, 7) is 6.22. The van der Waals surface area contributed by atoms with Crippen LogP contribution in [0.2, 0.25) is 0 Å². The first-order valence-electron chi connectivity index (χ1n) is 7.68. The second kappa shape index (κ2) is 6.89. The van der Waals surface area contributed by atoms with E-state index in [9.17, 15) is 4.79 Å². The predicted molar refractivity (Wildman–Crippen MR) is 83.0 cm³/mol. The molecule has 0 bridgehead atoms. The first-order chi connectivity index (χ1) is 9.65. The van der Waals surface area contributed by atoms with Gasteiger partial charge in [0.05, 0.1) is 0 Å². The number of benzene rings is 1. The Kier molecular flexibility index (Phi) is 5.18. The molecule has 1 heterocycles. The van der Waals surface area contributed by atoms with Crippen LogP contribution in [-0.4, -0.2) is 37.0 Å². The smallest absolute Gasteiger partial charge is 0.254 e. The van der Waals surface area contributed by atoms with Gasteiger partial charge in [-0.25, -0.2) is 0 Å². The quantitative estimate of drug-likeness (QED) is 0.915. The van der Waals surface area contributed by atoms with Crippen molar-refractivity contribution >= 4 is 5.91 Å². The molecule has 0 saturated carbocycles. The molecule has 0 aliphatic carbocycles. The Labute approximate surface area is 122 Å². The summed E-state index contributed by atoms with van der Waals surface area (Å²) >= 11 is 0. The first-order valence-corrected chi connectivity index (χ1v) is 7.68. The molecule has 0 spiro atoms. The molecule has 1 aliphatic rings. The Morgan fingerprint density at radius 2 is 2.10 bits per heavy atom. The molecule has 2 rings (SSSR count). The van der Waals surface area contributed by atoms with Gasteiger partial charge in [-0.2, -0.15) is 0 Å². The first kappa shape index (κ1) is 15.0. The third-order valence-electron chi connectivity index (χ3n) is 4.53. The van der Waals surface area contributed by atoms with E-state index in [4.69, 9.17) is 0 Å². The normalized spacial score (nSPS) is 22.9. The fraction of sp³-hybridized carbons (Fsp3) is 0.588. The second-order valence-electron chi connectivity index (χ2n) is 5.87. The Morgan fingerprint density at radius 1 is 1.35 bits per heavy atom. The van der Waals surface area contributed by atoms with Crippen LogP contribution in [-0.2, 0) is 6.42 Å². The molecule has 1 fully saturated rings. The van der Waals surface area contributed by atoms with Gasteiger partial charge in [-0.3, -0.25) is 4.79 Å². The number of nitrogens with zero attached hydrogens (tertiary/aromatic N) is 1. The van der Waals surface area contributed by atoms with Gasteiger partial charge in [0.2, 0.25) is 0 Å². The largest absolute Gasteiger partial charge is 0.336 e. The minimum atomic E-state index is 0.204. The average Bonchev–Trinajstić information content (AvgIpc) is 2.47. The average molecular weight is 274 g/mol. The summed E-state index contributed by atoms with van der Waals surface area (Å²) in [6.07, 6.45) is 3.25. The number of likely N-dealkylation sites (N-methyl/N-ethyl adjacent to an activating group) is 1. The third kappa shape index (κ3) is 3.21. The van der Waals surface area contributed by atoms with Crippen molar-refractivity contribution in [1.82, 2.24) is 10.2 Å². The highest BCUT2D eigenvalue weighted by Gasteiger charge is 2.29. The van der Waals surface area contributed by atoms with Gasteiger partial charge >= 0.3 is 0 Å². The molecule has 1 N–H and O–H groups in total. The number of likely N-dealkylation sites (tertiary alicyclic amines) is 1. The van der Waals surface area contributed by atoms with Gasteiger partial charge in [-0.05, 0) is 57.3 Å². The number of carbonyl (C=O) groups is 1. The van der Waals surface area contributed by atoms with E-state index in [2.05, 4.69) is 30.1 Å². The van der Waals surface area contributed by atoms with Gasteiger partial charge in [-0.15, -0.1) is 0 Å². The maximum atomic E-state index is 12.8. The van der Waals surface area contributed by atoms with E-state index in [1.54, 1.807) is 0 Å². The molecule has 3 nitrogen and oxygen atoms in total. The Balaban J connectivity index is 2.19. The minimum absolute atomic E-state index is 0.204. The lowest BCUT2D eigenvalue weighted by molar-refractivity contribution is 0.0550. The topological polar surface area (TPSA) is 32.3 Å². The Morgan fingerprint density at radius 3 is 2.85 bits per heavy atom. The minimum Gasteiger partial charge on any atom is -0.336 e. The maximum Gasteiger partial charge on any atom is 0.254 e.